The summed E-state index contributed by atoms with van der Waals surface area (Å²) in [5.41, 5.74) is 5.13. The van der Waals surface area contributed by atoms with Gasteiger partial charge in [0.15, 0.2) is 5.11 Å². The lowest BCUT2D eigenvalue weighted by atomic mass is 10.1. The third-order valence-corrected chi connectivity index (χ3v) is 4.58. The summed E-state index contributed by atoms with van der Waals surface area (Å²) in [5, 5.41) is 19.2. The average Bonchev–Trinajstić information content (AvgIpc) is 2.86. The van der Waals surface area contributed by atoms with Crippen LogP contribution in [0.4, 0.5) is 11.4 Å². The Morgan fingerprint density at radius 2 is 1.83 bits per heavy atom. The summed E-state index contributed by atoms with van der Waals surface area (Å²) in [4.78, 5) is 13.9. The third-order valence-electron chi connectivity index (χ3n) is 4.36. The molecule has 3 rings (SSSR count). The highest BCUT2D eigenvalue weighted by atomic mass is 32.1. The van der Waals surface area contributed by atoms with E-state index in [0.29, 0.717) is 17.2 Å². The Labute approximate surface area is 183 Å². The van der Waals surface area contributed by atoms with Crippen LogP contribution in [0.1, 0.15) is 41.0 Å². The summed E-state index contributed by atoms with van der Waals surface area (Å²) in [6.07, 6.45) is 1.07. The smallest absolute Gasteiger partial charge is 0.300 e. The standard InChI is InChI=1S/C21H26N4S.C2H4O2/c1-5-14(4)23-18-11-7-10-17-16-9-6-8-15(12-19(16)25-20(17)18)24-21(26)22-13(2)3;1-2(3)4/h6-14,23H,5H2,1-4H3,(H2,22,24,26);1H3,(H,3,4). The van der Waals surface area contributed by atoms with Crippen molar-refractivity contribution < 1.29 is 9.90 Å². The van der Waals surface area contributed by atoms with Gasteiger partial charge in [0.05, 0.1) is 16.9 Å². The van der Waals surface area contributed by atoms with E-state index in [9.17, 15) is 0 Å². The van der Waals surface area contributed by atoms with Crippen molar-refractivity contribution in [3.8, 4) is 11.3 Å². The van der Waals surface area contributed by atoms with Gasteiger partial charge < -0.3 is 21.1 Å². The fourth-order valence-electron chi connectivity index (χ4n) is 2.92. The number of rotatable bonds is 5. The van der Waals surface area contributed by atoms with Crippen molar-refractivity contribution in [1.82, 2.24) is 10.3 Å². The first-order valence-electron chi connectivity index (χ1n) is 10.1. The van der Waals surface area contributed by atoms with Crippen LogP contribution in [0.15, 0.2) is 42.5 Å². The second-order valence-electron chi connectivity index (χ2n) is 7.46. The number of aliphatic carboxylic acids is 1. The predicted molar refractivity (Wildman–Crippen MR) is 130 cm³/mol. The fraction of sp³-hybridized carbons (Fsp3) is 0.348. The summed E-state index contributed by atoms with van der Waals surface area (Å²) in [6.45, 7) is 9.58. The van der Waals surface area contributed by atoms with E-state index < -0.39 is 5.97 Å². The Hall–Kier alpha value is -2.93. The van der Waals surface area contributed by atoms with Gasteiger partial charge in [0, 0.05) is 35.6 Å². The maximum absolute atomic E-state index is 9.00. The number of aromatic nitrogens is 1. The van der Waals surface area contributed by atoms with Gasteiger partial charge >= 0.3 is 0 Å². The molecular weight excluding hydrogens is 396 g/mol. The van der Waals surface area contributed by atoms with Crippen LogP contribution in [0, 0.1) is 0 Å². The number of para-hydroxylation sites is 1. The molecule has 1 aliphatic carbocycles. The van der Waals surface area contributed by atoms with Crippen LogP contribution >= 0.6 is 12.2 Å². The SMILES string of the molecule is CC(=O)O.CCC(C)Nc1cccc2c3cccc(NC(=S)NC(C)C)cc-3nc12. The van der Waals surface area contributed by atoms with Crippen molar-refractivity contribution in [1.29, 1.82) is 0 Å². The molecule has 1 atom stereocenters. The number of hydrogen-bond donors (Lipinski definition) is 4. The first kappa shape index (κ1) is 23.3. The van der Waals surface area contributed by atoms with Crippen LogP contribution in [-0.2, 0) is 4.79 Å². The molecule has 1 unspecified atom stereocenters. The van der Waals surface area contributed by atoms with Crippen LogP contribution in [0.2, 0.25) is 0 Å². The number of benzene rings is 1. The molecule has 1 aromatic rings. The highest BCUT2D eigenvalue weighted by Crippen LogP contribution is 2.35. The lowest BCUT2D eigenvalue weighted by molar-refractivity contribution is -0.134. The van der Waals surface area contributed by atoms with E-state index in [1.807, 2.05) is 12.1 Å². The van der Waals surface area contributed by atoms with Crippen molar-refractivity contribution in [2.75, 3.05) is 10.6 Å². The number of anilines is 2. The first-order valence-corrected chi connectivity index (χ1v) is 10.5. The maximum Gasteiger partial charge on any atom is 0.300 e. The molecule has 6 nitrogen and oxygen atoms in total. The van der Waals surface area contributed by atoms with E-state index in [4.69, 9.17) is 27.1 Å². The number of carbonyl (C=O) groups is 1. The molecule has 0 saturated heterocycles. The maximum atomic E-state index is 9.00. The molecule has 1 aliphatic heterocycles. The number of thiocarbonyl (C=S) groups is 1. The lowest BCUT2D eigenvalue weighted by Crippen LogP contribution is -2.33. The number of carboxylic acids is 1. The minimum Gasteiger partial charge on any atom is -0.481 e. The summed E-state index contributed by atoms with van der Waals surface area (Å²) in [6, 6.07) is 15.2. The van der Waals surface area contributed by atoms with Crippen molar-refractivity contribution in [3.63, 3.8) is 0 Å². The van der Waals surface area contributed by atoms with Crippen molar-refractivity contribution >= 4 is 45.6 Å². The van der Waals surface area contributed by atoms with Crippen LogP contribution in [0.25, 0.3) is 22.2 Å². The van der Waals surface area contributed by atoms with Gasteiger partial charge in [-0.2, -0.15) is 0 Å². The topological polar surface area (TPSA) is 86.3 Å². The molecule has 0 aromatic heterocycles. The molecule has 1 heterocycles. The Bertz CT molecular complexity index is 986. The largest absolute Gasteiger partial charge is 0.481 e. The van der Waals surface area contributed by atoms with Crippen molar-refractivity contribution in [2.45, 2.75) is 53.1 Å². The minimum atomic E-state index is -0.833. The number of hydrogen-bond acceptors (Lipinski definition) is 4. The summed E-state index contributed by atoms with van der Waals surface area (Å²) in [7, 11) is 0. The zero-order chi connectivity index (χ0) is 22.3. The first-order chi connectivity index (χ1) is 14.2. The highest BCUT2D eigenvalue weighted by Gasteiger charge is 2.15. The third kappa shape index (κ3) is 6.56. The zero-order valence-corrected chi connectivity index (χ0v) is 18.9. The highest BCUT2D eigenvalue weighted by molar-refractivity contribution is 7.80. The molecule has 30 heavy (non-hydrogen) atoms. The number of nitrogens with zero attached hydrogens (tertiary/aromatic N) is 1. The van der Waals surface area contributed by atoms with Crippen LogP contribution < -0.4 is 16.0 Å². The van der Waals surface area contributed by atoms with Crippen molar-refractivity contribution in [3.05, 3.63) is 42.5 Å². The molecular formula is C23H30N4O2S. The Kier molecular flexibility index (Phi) is 8.35. The van der Waals surface area contributed by atoms with Crippen LogP contribution in [0.3, 0.4) is 0 Å². The van der Waals surface area contributed by atoms with Gasteiger partial charge in [-0.25, -0.2) is 4.98 Å². The fourth-order valence-corrected chi connectivity index (χ4v) is 3.27. The van der Waals surface area contributed by atoms with Crippen LogP contribution in [0.5, 0.6) is 0 Å². The van der Waals surface area contributed by atoms with Gasteiger partial charge in [0.2, 0.25) is 0 Å². The predicted octanol–water partition coefficient (Wildman–Crippen LogP) is 5.34. The van der Waals surface area contributed by atoms with Gasteiger partial charge in [-0.05, 0) is 57.6 Å². The molecule has 0 amide bonds. The Morgan fingerprint density at radius 3 is 2.47 bits per heavy atom. The quantitative estimate of drug-likeness (QED) is 0.410. The Morgan fingerprint density at radius 1 is 1.17 bits per heavy atom. The molecule has 1 aromatic carbocycles. The van der Waals surface area contributed by atoms with E-state index in [1.165, 1.54) is 5.39 Å². The van der Waals surface area contributed by atoms with E-state index in [2.05, 4.69) is 74.0 Å². The van der Waals surface area contributed by atoms with E-state index >= 15 is 0 Å². The molecule has 4 N–H and O–H groups in total. The van der Waals surface area contributed by atoms with Crippen molar-refractivity contribution in [2.24, 2.45) is 0 Å². The second kappa shape index (κ2) is 10.7. The second-order valence-corrected chi connectivity index (χ2v) is 7.87. The normalized spacial score (nSPS) is 11.5. The molecule has 2 aliphatic rings. The van der Waals surface area contributed by atoms with E-state index in [1.54, 1.807) is 0 Å². The summed E-state index contributed by atoms with van der Waals surface area (Å²) >= 11 is 5.36. The number of carboxylic acid groups (broad SMARTS) is 1. The Balaban J connectivity index is 0.000000735. The van der Waals surface area contributed by atoms with E-state index in [-0.39, 0.29) is 0 Å². The number of fused-ring (bicyclic) bond motifs is 3. The monoisotopic (exact) mass is 426 g/mol. The average molecular weight is 427 g/mol. The molecule has 0 fully saturated rings. The van der Waals surface area contributed by atoms with Gasteiger partial charge in [0.1, 0.15) is 0 Å². The molecule has 0 bridgehead atoms. The zero-order valence-electron chi connectivity index (χ0n) is 18.1. The van der Waals surface area contributed by atoms with Crippen LogP contribution in [-0.4, -0.2) is 33.3 Å². The van der Waals surface area contributed by atoms with Gasteiger partial charge in [-0.1, -0.05) is 31.2 Å². The molecule has 7 heteroatoms. The van der Waals surface area contributed by atoms with Gasteiger partial charge in [-0.15, -0.1) is 0 Å². The summed E-state index contributed by atoms with van der Waals surface area (Å²) < 4.78 is 0. The van der Waals surface area contributed by atoms with Gasteiger partial charge in [-0.3, -0.25) is 4.79 Å². The molecule has 0 spiro atoms. The van der Waals surface area contributed by atoms with Gasteiger partial charge in [0.25, 0.3) is 5.97 Å². The molecule has 0 saturated carbocycles. The lowest BCUT2D eigenvalue weighted by Gasteiger charge is -2.13. The number of nitrogens with one attached hydrogen (secondary N) is 3. The van der Waals surface area contributed by atoms with E-state index in [0.717, 1.165) is 41.5 Å². The summed E-state index contributed by atoms with van der Waals surface area (Å²) in [5.74, 6) is -0.833. The minimum absolute atomic E-state index is 0.293. The molecule has 0 radical (unpaired) electrons. The molecule has 160 valence electrons.